The molecular weight excluding hydrogens is 292 g/mol. The summed E-state index contributed by atoms with van der Waals surface area (Å²) in [5, 5.41) is 3.90. The van der Waals surface area contributed by atoms with Gasteiger partial charge in [-0.25, -0.2) is 8.78 Å². The van der Waals surface area contributed by atoms with Gasteiger partial charge in [-0.05, 0) is 48.4 Å². The van der Waals surface area contributed by atoms with Crippen LogP contribution in [-0.2, 0) is 6.42 Å². The standard InChI is InChI=1S/C17H18ClF2N/c1-2-21-11-13(15-5-3-4-6-16(15)18)9-12-10-14(19)7-8-17(12)20/h3-8,10,13,21H,2,9,11H2,1H3. The van der Waals surface area contributed by atoms with E-state index in [2.05, 4.69) is 5.32 Å². The summed E-state index contributed by atoms with van der Waals surface area (Å²) in [6, 6.07) is 11.1. The zero-order valence-electron chi connectivity index (χ0n) is 11.9. The van der Waals surface area contributed by atoms with Crippen LogP contribution in [0.2, 0.25) is 5.02 Å². The number of likely N-dealkylation sites (N-methyl/N-ethyl adjacent to an activating group) is 1. The van der Waals surface area contributed by atoms with Gasteiger partial charge in [0.15, 0.2) is 0 Å². The first kappa shape index (κ1) is 15.9. The van der Waals surface area contributed by atoms with Gasteiger partial charge in [-0.2, -0.15) is 0 Å². The molecule has 0 saturated carbocycles. The molecular formula is C17H18ClF2N. The van der Waals surface area contributed by atoms with Crippen molar-refractivity contribution in [1.82, 2.24) is 5.32 Å². The molecule has 0 bridgehead atoms. The fourth-order valence-corrected chi connectivity index (χ4v) is 2.67. The van der Waals surface area contributed by atoms with E-state index in [1.54, 1.807) is 0 Å². The molecule has 1 unspecified atom stereocenters. The second-order valence-corrected chi connectivity index (χ2v) is 5.37. The van der Waals surface area contributed by atoms with Crippen LogP contribution < -0.4 is 5.32 Å². The third kappa shape index (κ3) is 4.26. The maximum Gasteiger partial charge on any atom is 0.126 e. The number of hydrogen-bond acceptors (Lipinski definition) is 1. The van der Waals surface area contributed by atoms with Crippen LogP contribution in [0, 0.1) is 11.6 Å². The Morgan fingerprint density at radius 1 is 1.14 bits per heavy atom. The average Bonchev–Trinajstić information content (AvgIpc) is 2.48. The predicted molar refractivity (Wildman–Crippen MR) is 82.8 cm³/mol. The Labute approximate surface area is 128 Å². The highest BCUT2D eigenvalue weighted by Gasteiger charge is 2.17. The van der Waals surface area contributed by atoms with Crippen molar-refractivity contribution >= 4 is 11.6 Å². The van der Waals surface area contributed by atoms with Crippen molar-refractivity contribution in [3.05, 3.63) is 70.2 Å². The molecule has 0 heterocycles. The monoisotopic (exact) mass is 309 g/mol. The molecule has 0 saturated heterocycles. The Balaban J connectivity index is 2.28. The van der Waals surface area contributed by atoms with Crippen LogP contribution in [-0.4, -0.2) is 13.1 Å². The normalized spacial score (nSPS) is 12.4. The van der Waals surface area contributed by atoms with Crippen molar-refractivity contribution in [3.63, 3.8) is 0 Å². The van der Waals surface area contributed by atoms with Crippen molar-refractivity contribution in [1.29, 1.82) is 0 Å². The number of rotatable bonds is 6. The first-order chi connectivity index (χ1) is 10.1. The molecule has 1 nitrogen and oxygen atoms in total. The van der Waals surface area contributed by atoms with Crippen molar-refractivity contribution in [2.45, 2.75) is 19.3 Å². The number of hydrogen-bond donors (Lipinski definition) is 1. The van der Waals surface area contributed by atoms with Crippen molar-refractivity contribution in [2.24, 2.45) is 0 Å². The van der Waals surface area contributed by atoms with Crippen LogP contribution in [0.15, 0.2) is 42.5 Å². The summed E-state index contributed by atoms with van der Waals surface area (Å²) < 4.78 is 27.2. The molecule has 1 atom stereocenters. The van der Waals surface area contributed by atoms with Gasteiger partial charge in [-0.1, -0.05) is 36.7 Å². The van der Waals surface area contributed by atoms with Gasteiger partial charge in [0.1, 0.15) is 11.6 Å². The van der Waals surface area contributed by atoms with E-state index >= 15 is 0 Å². The minimum Gasteiger partial charge on any atom is -0.316 e. The van der Waals surface area contributed by atoms with E-state index < -0.39 is 5.82 Å². The first-order valence-corrected chi connectivity index (χ1v) is 7.38. The largest absolute Gasteiger partial charge is 0.316 e. The minimum atomic E-state index is -0.423. The molecule has 2 aromatic carbocycles. The van der Waals surface area contributed by atoms with Crippen LogP contribution in [0.1, 0.15) is 24.0 Å². The third-order valence-electron chi connectivity index (χ3n) is 3.46. The van der Waals surface area contributed by atoms with Gasteiger partial charge in [0.2, 0.25) is 0 Å². The quantitative estimate of drug-likeness (QED) is 0.825. The van der Waals surface area contributed by atoms with Gasteiger partial charge in [0, 0.05) is 17.5 Å². The van der Waals surface area contributed by atoms with Gasteiger partial charge in [-0.3, -0.25) is 0 Å². The summed E-state index contributed by atoms with van der Waals surface area (Å²) in [4.78, 5) is 0. The van der Waals surface area contributed by atoms with Crippen LogP contribution in [0.3, 0.4) is 0 Å². The molecule has 2 rings (SSSR count). The molecule has 0 fully saturated rings. The van der Waals surface area contributed by atoms with Gasteiger partial charge in [0.05, 0.1) is 0 Å². The van der Waals surface area contributed by atoms with Crippen LogP contribution >= 0.6 is 11.6 Å². The third-order valence-corrected chi connectivity index (χ3v) is 3.80. The van der Waals surface area contributed by atoms with Crippen LogP contribution in [0.25, 0.3) is 0 Å². The summed E-state index contributed by atoms with van der Waals surface area (Å²) in [5.41, 5.74) is 1.32. The first-order valence-electron chi connectivity index (χ1n) is 7.01. The van der Waals surface area contributed by atoms with Crippen LogP contribution in [0.5, 0.6) is 0 Å². The number of nitrogens with one attached hydrogen (secondary N) is 1. The van der Waals surface area contributed by atoms with Gasteiger partial charge in [0.25, 0.3) is 0 Å². The van der Waals surface area contributed by atoms with Gasteiger partial charge in [-0.15, -0.1) is 0 Å². The summed E-state index contributed by atoms with van der Waals surface area (Å²) >= 11 is 6.24. The highest BCUT2D eigenvalue weighted by atomic mass is 35.5. The van der Waals surface area contributed by atoms with Crippen molar-refractivity contribution < 1.29 is 8.78 Å². The molecule has 0 amide bonds. The van der Waals surface area contributed by atoms with E-state index in [1.165, 1.54) is 12.1 Å². The smallest absolute Gasteiger partial charge is 0.126 e. The molecule has 0 radical (unpaired) electrons. The molecule has 0 aromatic heterocycles. The fourth-order valence-electron chi connectivity index (χ4n) is 2.38. The minimum absolute atomic E-state index is 0.00468. The maximum atomic E-state index is 13.8. The van der Waals surface area contributed by atoms with Crippen molar-refractivity contribution in [3.8, 4) is 0 Å². The number of benzene rings is 2. The predicted octanol–water partition coefficient (Wildman–Crippen LogP) is 4.55. The lowest BCUT2D eigenvalue weighted by atomic mass is 9.91. The average molecular weight is 310 g/mol. The summed E-state index contributed by atoms with van der Waals surface area (Å²) in [6.45, 7) is 3.48. The molecule has 0 aliphatic carbocycles. The Morgan fingerprint density at radius 2 is 1.90 bits per heavy atom. The van der Waals surface area contributed by atoms with E-state index in [0.29, 0.717) is 23.6 Å². The van der Waals surface area contributed by atoms with E-state index in [4.69, 9.17) is 11.6 Å². The Bertz CT molecular complexity index is 601. The lowest BCUT2D eigenvalue weighted by Crippen LogP contribution is -2.23. The molecule has 112 valence electrons. The second kappa shape index (κ2) is 7.53. The molecule has 4 heteroatoms. The Hall–Kier alpha value is -1.45. The molecule has 0 aliphatic heterocycles. The highest BCUT2D eigenvalue weighted by Crippen LogP contribution is 2.28. The molecule has 1 N–H and O–H groups in total. The van der Waals surface area contributed by atoms with E-state index in [-0.39, 0.29) is 11.7 Å². The summed E-state index contributed by atoms with van der Waals surface area (Å²) in [5.74, 6) is -0.812. The van der Waals surface area contributed by atoms with E-state index in [0.717, 1.165) is 18.2 Å². The molecule has 0 aliphatic rings. The zero-order chi connectivity index (χ0) is 15.2. The number of halogens is 3. The van der Waals surface area contributed by atoms with E-state index in [9.17, 15) is 8.78 Å². The lowest BCUT2D eigenvalue weighted by molar-refractivity contribution is 0.551. The SMILES string of the molecule is CCNCC(Cc1cc(F)ccc1F)c1ccccc1Cl. The topological polar surface area (TPSA) is 12.0 Å². The fraction of sp³-hybridized carbons (Fsp3) is 0.294. The Kier molecular flexibility index (Phi) is 5.71. The zero-order valence-corrected chi connectivity index (χ0v) is 12.6. The lowest BCUT2D eigenvalue weighted by Gasteiger charge is -2.19. The van der Waals surface area contributed by atoms with E-state index in [1.807, 2.05) is 31.2 Å². The van der Waals surface area contributed by atoms with Gasteiger partial charge >= 0.3 is 0 Å². The highest BCUT2D eigenvalue weighted by molar-refractivity contribution is 6.31. The van der Waals surface area contributed by atoms with Gasteiger partial charge < -0.3 is 5.32 Å². The maximum absolute atomic E-state index is 13.8. The van der Waals surface area contributed by atoms with Crippen molar-refractivity contribution in [2.75, 3.05) is 13.1 Å². The Morgan fingerprint density at radius 3 is 2.62 bits per heavy atom. The summed E-state index contributed by atoms with van der Waals surface area (Å²) in [6.07, 6.45) is 0.403. The summed E-state index contributed by atoms with van der Waals surface area (Å²) in [7, 11) is 0. The van der Waals surface area contributed by atoms with Crippen LogP contribution in [0.4, 0.5) is 8.78 Å². The molecule has 2 aromatic rings. The molecule has 0 spiro atoms. The second-order valence-electron chi connectivity index (χ2n) is 4.97. The molecule has 21 heavy (non-hydrogen) atoms.